The fourth-order valence-corrected chi connectivity index (χ4v) is 0.862. The molecular weight excluding hydrogens is 130 g/mol. The first-order chi connectivity index (χ1) is 4.24. The van der Waals surface area contributed by atoms with Crippen molar-refractivity contribution >= 4 is 6.09 Å². The van der Waals surface area contributed by atoms with Crippen LogP contribution in [0.1, 0.15) is 20.8 Å². The number of carbonyl (C=O) groups is 1. The van der Waals surface area contributed by atoms with Gasteiger partial charge in [-0.1, -0.05) is 14.4 Å². The van der Waals surface area contributed by atoms with E-state index in [-0.39, 0.29) is 19.6 Å². The van der Waals surface area contributed by atoms with Crippen molar-refractivity contribution in [3.8, 4) is 0 Å². The topological polar surface area (TPSA) is 29.5 Å². The molecule has 3 heteroatoms. The van der Waals surface area contributed by atoms with Gasteiger partial charge in [0.05, 0.1) is 6.54 Å². The Morgan fingerprint density at radius 3 is 2.60 bits per heavy atom. The van der Waals surface area contributed by atoms with Crippen molar-refractivity contribution in [3.63, 3.8) is 0 Å². The predicted molar refractivity (Wildman–Crippen MR) is 39.9 cm³/mol. The lowest BCUT2D eigenvalue weighted by atomic mass is 10.3. The van der Waals surface area contributed by atoms with Gasteiger partial charge in [-0.05, 0) is 6.42 Å². The molecule has 1 fully saturated rings. The summed E-state index contributed by atoms with van der Waals surface area (Å²) in [5.41, 5.74) is 0. The largest absolute Gasteiger partial charge is 0.444 e. The van der Waals surface area contributed by atoms with Gasteiger partial charge in [-0.15, -0.1) is 0 Å². The van der Waals surface area contributed by atoms with Gasteiger partial charge in [0.15, 0.2) is 0 Å². The summed E-state index contributed by atoms with van der Waals surface area (Å²) < 4.78 is 4.91. The van der Waals surface area contributed by atoms with Crippen molar-refractivity contribution in [2.75, 3.05) is 13.6 Å². The number of nitrogens with zero attached hydrogens (tertiary/aromatic N) is 1. The Bertz CT molecular complexity index is 125. The van der Waals surface area contributed by atoms with Crippen LogP contribution in [0.25, 0.3) is 0 Å². The van der Waals surface area contributed by atoms with Crippen molar-refractivity contribution in [1.82, 2.24) is 4.90 Å². The third-order valence-electron chi connectivity index (χ3n) is 1.51. The van der Waals surface area contributed by atoms with Gasteiger partial charge in [0.2, 0.25) is 0 Å². The highest BCUT2D eigenvalue weighted by Gasteiger charge is 2.25. The second-order valence-electron chi connectivity index (χ2n) is 2.29. The van der Waals surface area contributed by atoms with Crippen molar-refractivity contribution in [2.24, 2.45) is 0 Å². The number of amides is 1. The van der Waals surface area contributed by atoms with Gasteiger partial charge >= 0.3 is 6.09 Å². The third-order valence-corrected chi connectivity index (χ3v) is 1.51. The lowest BCUT2D eigenvalue weighted by Gasteiger charge is -2.01. The van der Waals surface area contributed by atoms with E-state index < -0.39 is 0 Å². The summed E-state index contributed by atoms with van der Waals surface area (Å²) in [7, 11) is 1.75. The molecule has 60 valence electrons. The SMILES string of the molecule is C.CC[C@@H]1CN(C)C(=O)O1. The number of ether oxygens (including phenoxy) is 1. The average Bonchev–Trinajstić information content (AvgIpc) is 2.13. The Kier molecular flexibility index (Phi) is 3.19. The summed E-state index contributed by atoms with van der Waals surface area (Å²) in [5.74, 6) is 0. The fourth-order valence-electron chi connectivity index (χ4n) is 0.862. The fraction of sp³-hybridized carbons (Fsp3) is 0.857. The highest BCUT2D eigenvalue weighted by Crippen LogP contribution is 2.10. The van der Waals surface area contributed by atoms with Crippen LogP contribution in [-0.4, -0.2) is 30.7 Å². The molecule has 0 aromatic carbocycles. The molecule has 0 aliphatic carbocycles. The standard InChI is InChI=1S/C6H11NO2.CH4/c1-3-5-4-7(2)6(8)9-5;/h5H,3-4H2,1-2H3;1H4/t5-;/m1./s1. The van der Waals surface area contributed by atoms with Crippen LogP contribution in [0.4, 0.5) is 4.79 Å². The minimum atomic E-state index is -0.193. The molecule has 0 spiro atoms. The maximum absolute atomic E-state index is 10.6. The normalized spacial score (nSPS) is 24.0. The number of carbonyl (C=O) groups excluding carboxylic acids is 1. The molecule has 1 aliphatic heterocycles. The van der Waals surface area contributed by atoms with Crippen molar-refractivity contribution in [2.45, 2.75) is 26.9 Å². The molecule has 1 rings (SSSR count). The summed E-state index contributed by atoms with van der Waals surface area (Å²) >= 11 is 0. The van der Waals surface area contributed by atoms with Crippen molar-refractivity contribution < 1.29 is 9.53 Å². The van der Waals surface area contributed by atoms with Crippen LogP contribution in [0.3, 0.4) is 0 Å². The number of hydrogen-bond donors (Lipinski definition) is 0. The lowest BCUT2D eigenvalue weighted by molar-refractivity contribution is 0.132. The van der Waals surface area contributed by atoms with E-state index in [1.807, 2.05) is 6.92 Å². The second kappa shape index (κ2) is 3.44. The molecule has 3 nitrogen and oxygen atoms in total. The van der Waals surface area contributed by atoms with Crippen LogP contribution >= 0.6 is 0 Å². The minimum Gasteiger partial charge on any atom is -0.444 e. The lowest BCUT2D eigenvalue weighted by Crippen LogP contribution is -2.18. The molecule has 1 heterocycles. The van der Waals surface area contributed by atoms with Gasteiger partial charge in [0.25, 0.3) is 0 Å². The molecule has 0 aromatic rings. The smallest absolute Gasteiger partial charge is 0.409 e. The first kappa shape index (κ1) is 9.27. The zero-order valence-corrected chi connectivity index (χ0v) is 5.76. The zero-order valence-electron chi connectivity index (χ0n) is 5.76. The maximum Gasteiger partial charge on any atom is 0.409 e. The molecule has 1 aliphatic rings. The van der Waals surface area contributed by atoms with Crippen LogP contribution in [0.15, 0.2) is 0 Å². The zero-order chi connectivity index (χ0) is 6.85. The summed E-state index contributed by atoms with van der Waals surface area (Å²) in [6.45, 7) is 2.76. The minimum absolute atomic E-state index is 0. The van der Waals surface area contributed by atoms with E-state index in [2.05, 4.69) is 0 Å². The quantitative estimate of drug-likeness (QED) is 0.559. The van der Waals surface area contributed by atoms with E-state index >= 15 is 0 Å². The Morgan fingerprint density at radius 1 is 1.80 bits per heavy atom. The van der Waals surface area contributed by atoms with Crippen LogP contribution in [0.2, 0.25) is 0 Å². The van der Waals surface area contributed by atoms with Crippen LogP contribution in [0.5, 0.6) is 0 Å². The molecule has 10 heavy (non-hydrogen) atoms. The summed E-state index contributed by atoms with van der Waals surface area (Å²) in [4.78, 5) is 12.2. The van der Waals surface area contributed by atoms with Gasteiger partial charge < -0.3 is 9.64 Å². The van der Waals surface area contributed by atoms with Crippen LogP contribution in [0, 0.1) is 0 Å². The van der Waals surface area contributed by atoms with E-state index in [4.69, 9.17) is 4.74 Å². The molecule has 1 amide bonds. The molecule has 1 atom stereocenters. The second-order valence-corrected chi connectivity index (χ2v) is 2.29. The highest BCUT2D eigenvalue weighted by atomic mass is 16.6. The number of rotatable bonds is 1. The molecule has 0 radical (unpaired) electrons. The summed E-state index contributed by atoms with van der Waals surface area (Å²) in [6.07, 6.45) is 0.847. The highest BCUT2D eigenvalue weighted by molar-refractivity contribution is 5.69. The number of hydrogen-bond acceptors (Lipinski definition) is 2. The Balaban J connectivity index is 0.000000810. The van der Waals surface area contributed by atoms with Gasteiger partial charge in [-0.2, -0.15) is 0 Å². The average molecular weight is 145 g/mol. The Labute approximate surface area is 62.0 Å². The molecule has 0 bridgehead atoms. The van der Waals surface area contributed by atoms with Gasteiger partial charge in [-0.3, -0.25) is 0 Å². The Hall–Kier alpha value is -0.730. The molecule has 0 saturated carbocycles. The molecular formula is C7H15NO2. The molecule has 0 unspecified atom stereocenters. The molecule has 0 aromatic heterocycles. The van der Waals surface area contributed by atoms with Crippen LogP contribution < -0.4 is 0 Å². The van der Waals surface area contributed by atoms with Crippen molar-refractivity contribution in [3.05, 3.63) is 0 Å². The molecule has 0 N–H and O–H groups in total. The van der Waals surface area contributed by atoms with E-state index in [0.717, 1.165) is 13.0 Å². The first-order valence-corrected chi connectivity index (χ1v) is 3.15. The first-order valence-electron chi connectivity index (χ1n) is 3.15. The van der Waals surface area contributed by atoms with Gasteiger partial charge in [0, 0.05) is 7.05 Å². The predicted octanol–water partition coefficient (Wildman–Crippen LogP) is 1.48. The van der Waals surface area contributed by atoms with E-state index in [1.165, 1.54) is 0 Å². The van der Waals surface area contributed by atoms with Gasteiger partial charge in [0.1, 0.15) is 6.10 Å². The summed E-state index contributed by atoms with van der Waals surface area (Å²) in [6, 6.07) is 0. The number of cyclic esters (lactones) is 1. The van der Waals surface area contributed by atoms with Crippen molar-refractivity contribution in [1.29, 1.82) is 0 Å². The van der Waals surface area contributed by atoms with E-state index in [1.54, 1.807) is 11.9 Å². The van der Waals surface area contributed by atoms with Crippen LogP contribution in [-0.2, 0) is 4.74 Å². The maximum atomic E-state index is 10.6. The third kappa shape index (κ3) is 1.62. The van der Waals surface area contributed by atoms with E-state index in [0.29, 0.717) is 0 Å². The molecule has 1 saturated heterocycles. The monoisotopic (exact) mass is 145 g/mol. The summed E-state index contributed by atoms with van der Waals surface area (Å²) in [5, 5.41) is 0. The van der Waals surface area contributed by atoms with Gasteiger partial charge in [-0.25, -0.2) is 4.79 Å². The number of likely N-dealkylation sites (N-methyl/N-ethyl adjacent to an activating group) is 1. The Morgan fingerprint density at radius 2 is 2.40 bits per heavy atom. The van der Waals surface area contributed by atoms with E-state index in [9.17, 15) is 4.79 Å².